The predicted molar refractivity (Wildman–Crippen MR) is 38.6 cm³/mol. The van der Waals surface area contributed by atoms with E-state index in [1.165, 1.54) is 5.56 Å². The van der Waals surface area contributed by atoms with Crippen LogP contribution in [0.5, 0.6) is 0 Å². The van der Waals surface area contributed by atoms with Crippen molar-refractivity contribution in [3.63, 3.8) is 0 Å². The van der Waals surface area contributed by atoms with E-state index < -0.39 is 0 Å². The lowest BCUT2D eigenvalue weighted by Crippen LogP contribution is -1.76. The summed E-state index contributed by atoms with van der Waals surface area (Å²) < 4.78 is 0. The molecule has 0 amide bonds. The molecule has 0 fully saturated rings. The molecule has 1 heteroatoms. The molecular weight excluding hydrogens is 110 g/mol. The van der Waals surface area contributed by atoms with E-state index in [0.717, 1.165) is 6.42 Å². The van der Waals surface area contributed by atoms with Gasteiger partial charge in [0.2, 0.25) is 0 Å². The third-order valence-electron chi connectivity index (χ3n) is 1.36. The van der Waals surface area contributed by atoms with Crippen LogP contribution in [0, 0.1) is 0 Å². The van der Waals surface area contributed by atoms with Crippen LogP contribution in [0.25, 0.3) is 0 Å². The van der Waals surface area contributed by atoms with Crippen molar-refractivity contribution in [1.82, 2.24) is 5.73 Å². The fourth-order valence-corrected chi connectivity index (χ4v) is 0.740. The normalized spacial score (nSPS) is 9.44. The average molecular weight is 120 g/mol. The first-order chi connectivity index (χ1) is 4.33. The average Bonchev–Trinajstić information content (AvgIpc) is 1.90. The minimum atomic E-state index is 0.590. The summed E-state index contributed by atoms with van der Waals surface area (Å²) in [6.45, 7) is 2.11. The Hall–Kier alpha value is -0.980. The topological polar surface area (TPSA) is 23.8 Å². The summed E-state index contributed by atoms with van der Waals surface area (Å²) in [5.41, 5.74) is 9.05. The zero-order valence-electron chi connectivity index (χ0n) is 5.52. The third kappa shape index (κ3) is 1.46. The predicted octanol–water partition coefficient (Wildman–Crippen LogP) is 2.16. The second-order valence-corrected chi connectivity index (χ2v) is 2.05. The summed E-state index contributed by atoms with van der Waals surface area (Å²) in [6, 6.07) is 7.61. The largest absolute Gasteiger partial charge is 0.301 e. The maximum atomic E-state index is 7.17. The van der Waals surface area contributed by atoms with E-state index in [-0.39, 0.29) is 0 Å². The van der Waals surface area contributed by atoms with Crippen molar-refractivity contribution in [2.75, 3.05) is 0 Å². The van der Waals surface area contributed by atoms with Crippen LogP contribution in [0.4, 0.5) is 5.69 Å². The lowest BCUT2D eigenvalue weighted by molar-refractivity contribution is 1.14. The van der Waals surface area contributed by atoms with Crippen molar-refractivity contribution < 1.29 is 0 Å². The van der Waals surface area contributed by atoms with Gasteiger partial charge in [-0.2, -0.15) is 0 Å². The first-order valence-electron chi connectivity index (χ1n) is 3.13. The van der Waals surface area contributed by atoms with Crippen molar-refractivity contribution in [2.24, 2.45) is 0 Å². The maximum Gasteiger partial charge on any atom is 0.0540 e. The first kappa shape index (κ1) is 6.14. The standard InChI is InChI=1S/C8H10N/c1-2-7-3-5-8(9)6-4-7/h3-6,9H,2H2,1H3. The number of aryl methyl sites for hydroxylation is 1. The minimum absolute atomic E-state index is 0.590. The Morgan fingerprint density at radius 3 is 2.22 bits per heavy atom. The molecule has 0 bridgehead atoms. The van der Waals surface area contributed by atoms with Crippen molar-refractivity contribution in [2.45, 2.75) is 13.3 Å². The molecule has 0 atom stereocenters. The lowest BCUT2D eigenvalue weighted by atomic mass is 10.2. The van der Waals surface area contributed by atoms with Gasteiger partial charge in [-0.25, -0.2) is 0 Å². The molecule has 1 N–H and O–H groups in total. The highest BCUT2D eigenvalue weighted by molar-refractivity contribution is 5.35. The summed E-state index contributed by atoms with van der Waals surface area (Å²) in [5, 5.41) is 0. The van der Waals surface area contributed by atoms with Gasteiger partial charge in [0.1, 0.15) is 0 Å². The van der Waals surface area contributed by atoms with Gasteiger partial charge in [-0.05, 0) is 24.1 Å². The Bertz CT molecular complexity index is 176. The molecule has 0 spiro atoms. The van der Waals surface area contributed by atoms with Gasteiger partial charge < -0.3 is 5.73 Å². The van der Waals surface area contributed by atoms with Crippen molar-refractivity contribution in [1.29, 1.82) is 0 Å². The molecule has 1 nitrogen and oxygen atoms in total. The minimum Gasteiger partial charge on any atom is -0.301 e. The van der Waals surface area contributed by atoms with E-state index in [9.17, 15) is 0 Å². The first-order valence-corrected chi connectivity index (χ1v) is 3.13. The fourth-order valence-electron chi connectivity index (χ4n) is 0.740. The molecule has 1 aromatic rings. The Morgan fingerprint density at radius 2 is 1.78 bits per heavy atom. The van der Waals surface area contributed by atoms with Crippen LogP contribution in [-0.2, 0) is 6.42 Å². The Morgan fingerprint density at radius 1 is 1.22 bits per heavy atom. The number of benzene rings is 1. The molecule has 0 unspecified atom stereocenters. The molecule has 0 heterocycles. The van der Waals surface area contributed by atoms with Gasteiger partial charge in [0, 0.05) is 0 Å². The number of hydrogen-bond donors (Lipinski definition) is 0. The molecule has 1 rings (SSSR count). The van der Waals surface area contributed by atoms with E-state index in [1.807, 2.05) is 24.3 Å². The van der Waals surface area contributed by atoms with Crippen molar-refractivity contribution in [3.05, 3.63) is 29.8 Å². The van der Waals surface area contributed by atoms with Crippen LogP contribution in [0.3, 0.4) is 0 Å². The number of hydrogen-bond acceptors (Lipinski definition) is 0. The summed E-state index contributed by atoms with van der Waals surface area (Å²) in [7, 11) is 0. The molecule has 0 aliphatic heterocycles. The van der Waals surface area contributed by atoms with Crippen LogP contribution in [0.1, 0.15) is 12.5 Å². The Kier molecular flexibility index (Phi) is 1.73. The molecule has 47 valence electrons. The second kappa shape index (κ2) is 2.53. The monoisotopic (exact) mass is 120 g/mol. The van der Waals surface area contributed by atoms with E-state index in [1.54, 1.807) is 0 Å². The van der Waals surface area contributed by atoms with Crippen LogP contribution in [0.2, 0.25) is 0 Å². The van der Waals surface area contributed by atoms with Crippen molar-refractivity contribution >= 4 is 5.69 Å². The van der Waals surface area contributed by atoms with Crippen LogP contribution < -0.4 is 5.73 Å². The third-order valence-corrected chi connectivity index (χ3v) is 1.36. The van der Waals surface area contributed by atoms with E-state index in [2.05, 4.69) is 6.92 Å². The lowest BCUT2D eigenvalue weighted by Gasteiger charge is -1.93. The van der Waals surface area contributed by atoms with Gasteiger partial charge in [-0.15, -0.1) is 0 Å². The number of nitrogens with one attached hydrogen (secondary N) is 1. The summed E-state index contributed by atoms with van der Waals surface area (Å²) in [6.07, 6.45) is 1.06. The zero-order chi connectivity index (χ0) is 6.69. The van der Waals surface area contributed by atoms with Gasteiger partial charge >= 0.3 is 0 Å². The highest BCUT2D eigenvalue weighted by Crippen LogP contribution is 2.06. The molecule has 1 radical (unpaired) electrons. The van der Waals surface area contributed by atoms with Gasteiger partial charge in [0.05, 0.1) is 5.69 Å². The van der Waals surface area contributed by atoms with Gasteiger partial charge in [0.25, 0.3) is 0 Å². The quantitative estimate of drug-likeness (QED) is 0.542. The van der Waals surface area contributed by atoms with Gasteiger partial charge in [-0.3, -0.25) is 0 Å². The van der Waals surface area contributed by atoms with Gasteiger partial charge in [0.15, 0.2) is 0 Å². The molecule has 9 heavy (non-hydrogen) atoms. The van der Waals surface area contributed by atoms with Crippen molar-refractivity contribution in [3.8, 4) is 0 Å². The van der Waals surface area contributed by atoms with E-state index in [4.69, 9.17) is 5.73 Å². The summed E-state index contributed by atoms with van der Waals surface area (Å²) in [4.78, 5) is 0. The molecule has 0 aliphatic rings. The summed E-state index contributed by atoms with van der Waals surface area (Å²) in [5.74, 6) is 0. The highest BCUT2D eigenvalue weighted by Gasteiger charge is 1.85. The molecule has 0 saturated heterocycles. The van der Waals surface area contributed by atoms with E-state index in [0.29, 0.717) is 5.69 Å². The van der Waals surface area contributed by atoms with Crippen LogP contribution in [-0.4, -0.2) is 0 Å². The maximum absolute atomic E-state index is 7.17. The molecular formula is C8H10N. The molecule has 0 aromatic heterocycles. The second-order valence-electron chi connectivity index (χ2n) is 2.05. The van der Waals surface area contributed by atoms with Crippen LogP contribution >= 0.6 is 0 Å². The Balaban J connectivity index is 2.88. The Labute approximate surface area is 55.5 Å². The number of rotatable bonds is 1. The van der Waals surface area contributed by atoms with Gasteiger partial charge in [-0.1, -0.05) is 19.1 Å². The summed E-state index contributed by atoms with van der Waals surface area (Å²) >= 11 is 0. The SMILES string of the molecule is CCc1ccc([NH])cc1. The molecule has 1 aromatic carbocycles. The zero-order valence-corrected chi connectivity index (χ0v) is 5.52. The van der Waals surface area contributed by atoms with E-state index >= 15 is 0 Å². The highest BCUT2D eigenvalue weighted by atomic mass is 14.5. The smallest absolute Gasteiger partial charge is 0.0540 e. The molecule has 0 aliphatic carbocycles. The molecule has 0 saturated carbocycles. The van der Waals surface area contributed by atoms with Crippen LogP contribution in [0.15, 0.2) is 24.3 Å². The fraction of sp³-hybridized carbons (Fsp3) is 0.250.